The molecule has 1 aromatic carbocycles. The Bertz CT molecular complexity index is 952. The van der Waals surface area contributed by atoms with Crippen LogP contribution < -0.4 is 10.9 Å². The predicted octanol–water partition coefficient (Wildman–Crippen LogP) is 3.19. The Morgan fingerprint density at radius 2 is 1.96 bits per heavy atom. The van der Waals surface area contributed by atoms with Crippen LogP contribution in [0.4, 0.5) is 13.2 Å². The quantitative estimate of drug-likeness (QED) is 0.872. The Kier molecular flexibility index (Phi) is 4.44. The summed E-state index contributed by atoms with van der Waals surface area (Å²) in [4.78, 5) is 29.5. The van der Waals surface area contributed by atoms with Crippen LogP contribution in [0.25, 0.3) is 10.9 Å². The van der Waals surface area contributed by atoms with E-state index < -0.39 is 24.0 Å². The molecule has 1 aliphatic carbocycles. The van der Waals surface area contributed by atoms with Crippen molar-refractivity contribution < 1.29 is 18.0 Å². The summed E-state index contributed by atoms with van der Waals surface area (Å²) in [5.41, 5.74) is 0.504. The number of rotatable bonds is 2. The third-order valence-electron chi connectivity index (χ3n) is 5.58. The fourth-order valence-electron chi connectivity index (χ4n) is 4.17. The van der Waals surface area contributed by atoms with Crippen molar-refractivity contribution in [2.45, 2.75) is 57.3 Å². The molecule has 2 atom stereocenters. The maximum atomic E-state index is 13.2. The van der Waals surface area contributed by atoms with Gasteiger partial charge in [-0.1, -0.05) is 12.8 Å². The van der Waals surface area contributed by atoms with E-state index in [4.69, 9.17) is 0 Å². The van der Waals surface area contributed by atoms with Crippen LogP contribution in [0.3, 0.4) is 0 Å². The van der Waals surface area contributed by atoms with Gasteiger partial charge in [0.25, 0.3) is 11.5 Å². The van der Waals surface area contributed by atoms with Gasteiger partial charge in [-0.2, -0.15) is 13.2 Å². The van der Waals surface area contributed by atoms with Crippen molar-refractivity contribution >= 4 is 16.8 Å². The van der Waals surface area contributed by atoms with Gasteiger partial charge in [-0.25, -0.2) is 4.98 Å². The molecule has 27 heavy (non-hydrogen) atoms. The normalized spacial score (nSPS) is 22.6. The number of nitrogens with one attached hydrogen (secondary N) is 1. The van der Waals surface area contributed by atoms with E-state index in [2.05, 4.69) is 10.3 Å². The van der Waals surface area contributed by atoms with Gasteiger partial charge in [0.05, 0.1) is 16.8 Å². The molecule has 1 N–H and O–H groups in total. The van der Waals surface area contributed by atoms with E-state index in [-0.39, 0.29) is 17.5 Å². The largest absolute Gasteiger partial charge is 0.393 e. The van der Waals surface area contributed by atoms with Crippen LogP contribution in [-0.2, 0) is 13.0 Å². The van der Waals surface area contributed by atoms with E-state index in [1.165, 1.54) is 18.2 Å². The van der Waals surface area contributed by atoms with Gasteiger partial charge in [0, 0.05) is 24.6 Å². The molecule has 2 heterocycles. The first-order valence-electron chi connectivity index (χ1n) is 9.25. The number of amides is 1. The highest BCUT2D eigenvalue weighted by molar-refractivity contribution is 5.97. The number of halogens is 3. The lowest BCUT2D eigenvalue weighted by molar-refractivity contribution is -0.187. The first kappa shape index (κ1) is 18.0. The van der Waals surface area contributed by atoms with E-state index in [1.54, 1.807) is 4.57 Å². The summed E-state index contributed by atoms with van der Waals surface area (Å²) in [6.45, 7) is 0.639. The van der Waals surface area contributed by atoms with Crippen molar-refractivity contribution in [3.63, 3.8) is 0 Å². The van der Waals surface area contributed by atoms with Crippen LogP contribution in [0.1, 0.15) is 48.3 Å². The standard InChI is InChI=1S/C19H20F3N3O2/c20-19(21,22)13-4-1-2-5-14(13)24-17(26)11-7-8-12-15(10-11)23-16-6-3-9-25(16)18(12)27/h7-8,10,13-14H,1-6,9H2,(H,24,26)/t13-,14+/m0/s1. The second-order valence-electron chi connectivity index (χ2n) is 7.33. The van der Waals surface area contributed by atoms with Gasteiger partial charge in [0.2, 0.25) is 0 Å². The minimum Gasteiger partial charge on any atom is -0.349 e. The summed E-state index contributed by atoms with van der Waals surface area (Å²) >= 11 is 0. The van der Waals surface area contributed by atoms with Crippen LogP contribution in [0.5, 0.6) is 0 Å². The summed E-state index contributed by atoms with van der Waals surface area (Å²) < 4.78 is 41.3. The molecule has 0 bridgehead atoms. The van der Waals surface area contributed by atoms with Gasteiger partial charge in [0.1, 0.15) is 5.82 Å². The lowest BCUT2D eigenvalue weighted by atomic mass is 9.84. The molecular weight excluding hydrogens is 359 g/mol. The highest BCUT2D eigenvalue weighted by atomic mass is 19.4. The second kappa shape index (κ2) is 6.65. The zero-order valence-corrected chi connectivity index (χ0v) is 14.7. The van der Waals surface area contributed by atoms with Crippen molar-refractivity contribution in [2.75, 3.05) is 0 Å². The average Bonchev–Trinajstić information content (AvgIpc) is 3.09. The van der Waals surface area contributed by atoms with E-state index in [0.29, 0.717) is 49.0 Å². The molecule has 5 nitrogen and oxygen atoms in total. The number of carbonyl (C=O) groups is 1. The maximum absolute atomic E-state index is 13.2. The molecule has 1 saturated carbocycles. The lowest BCUT2D eigenvalue weighted by Gasteiger charge is -2.33. The first-order valence-corrected chi connectivity index (χ1v) is 9.25. The van der Waals surface area contributed by atoms with Gasteiger partial charge in [0.15, 0.2) is 0 Å². The van der Waals surface area contributed by atoms with Gasteiger partial charge < -0.3 is 5.32 Å². The third kappa shape index (κ3) is 3.33. The fraction of sp³-hybridized carbons (Fsp3) is 0.526. The molecule has 1 aromatic heterocycles. The molecule has 1 fully saturated rings. The van der Waals surface area contributed by atoms with Crippen molar-refractivity contribution in [3.8, 4) is 0 Å². The molecule has 144 valence electrons. The van der Waals surface area contributed by atoms with Crippen LogP contribution in [0, 0.1) is 5.92 Å². The molecule has 0 saturated heterocycles. The van der Waals surface area contributed by atoms with E-state index in [0.717, 1.165) is 6.42 Å². The maximum Gasteiger partial charge on any atom is 0.393 e. The number of hydrogen-bond acceptors (Lipinski definition) is 3. The Hall–Kier alpha value is -2.38. The number of benzene rings is 1. The molecular formula is C19H20F3N3O2. The number of nitrogens with zero attached hydrogens (tertiary/aromatic N) is 2. The van der Waals surface area contributed by atoms with Crippen LogP contribution in [-0.4, -0.2) is 27.7 Å². The summed E-state index contributed by atoms with van der Waals surface area (Å²) in [7, 11) is 0. The molecule has 2 aromatic rings. The summed E-state index contributed by atoms with van der Waals surface area (Å²) in [5.74, 6) is -1.38. The molecule has 1 aliphatic heterocycles. The van der Waals surface area contributed by atoms with Crippen LogP contribution in [0.15, 0.2) is 23.0 Å². The minimum absolute atomic E-state index is 0.0383. The van der Waals surface area contributed by atoms with E-state index in [9.17, 15) is 22.8 Å². The van der Waals surface area contributed by atoms with Crippen molar-refractivity contribution in [2.24, 2.45) is 5.92 Å². The molecule has 8 heteroatoms. The minimum atomic E-state index is -4.32. The zero-order chi connectivity index (χ0) is 19.2. The topological polar surface area (TPSA) is 64.0 Å². The van der Waals surface area contributed by atoms with Crippen molar-refractivity contribution in [1.82, 2.24) is 14.9 Å². The van der Waals surface area contributed by atoms with Gasteiger partial charge in [-0.15, -0.1) is 0 Å². The highest BCUT2D eigenvalue weighted by Crippen LogP contribution is 2.37. The highest BCUT2D eigenvalue weighted by Gasteiger charge is 2.46. The van der Waals surface area contributed by atoms with Crippen molar-refractivity contribution in [1.29, 1.82) is 0 Å². The number of carbonyl (C=O) groups excluding carboxylic acids is 1. The summed E-state index contributed by atoms with van der Waals surface area (Å²) in [6, 6.07) is 3.60. The molecule has 0 unspecified atom stereocenters. The number of alkyl halides is 3. The SMILES string of the molecule is O=C(N[C@@H]1CCCC[C@@H]1C(F)(F)F)c1ccc2c(=O)n3c(nc2c1)CCC3. The van der Waals surface area contributed by atoms with Crippen LogP contribution >= 0.6 is 0 Å². The number of aryl methyl sites for hydroxylation is 1. The first-order chi connectivity index (χ1) is 12.8. The Morgan fingerprint density at radius 3 is 2.74 bits per heavy atom. The number of hydrogen-bond donors (Lipinski definition) is 1. The Labute approximate surface area is 153 Å². The third-order valence-corrected chi connectivity index (χ3v) is 5.58. The summed E-state index contributed by atoms with van der Waals surface area (Å²) in [6.07, 6.45) is -1.22. The average molecular weight is 379 g/mol. The van der Waals surface area contributed by atoms with E-state index >= 15 is 0 Å². The molecule has 1 amide bonds. The molecule has 0 radical (unpaired) electrons. The number of fused-ring (bicyclic) bond motifs is 2. The zero-order valence-electron chi connectivity index (χ0n) is 14.7. The smallest absolute Gasteiger partial charge is 0.349 e. The Balaban J connectivity index is 1.61. The van der Waals surface area contributed by atoms with Gasteiger partial charge >= 0.3 is 6.18 Å². The van der Waals surface area contributed by atoms with Crippen LogP contribution in [0.2, 0.25) is 0 Å². The molecule has 4 rings (SSSR count). The summed E-state index contributed by atoms with van der Waals surface area (Å²) in [5, 5.41) is 2.97. The molecule has 2 aliphatic rings. The van der Waals surface area contributed by atoms with Gasteiger partial charge in [-0.3, -0.25) is 14.2 Å². The molecule has 0 spiro atoms. The van der Waals surface area contributed by atoms with Crippen molar-refractivity contribution in [3.05, 3.63) is 39.9 Å². The predicted molar refractivity (Wildman–Crippen MR) is 93.6 cm³/mol. The fourth-order valence-corrected chi connectivity index (χ4v) is 4.17. The number of aromatic nitrogens is 2. The van der Waals surface area contributed by atoms with Gasteiger partial charge in [-0.05, 0) is 37.5 Å². The Morgan fingerprint density at radius 1 is 1.19 bits per heavy atom. The second-order valence-corrected chi connectivity index (χ2v) is 7.33. The monoisotopic (exact) mass is 379 g/mol. The van der Waals surface area contributed by atoms with E-state index in [1.807, 2.05) is 0 Å². The lowest BCUT2D eigenvalue weighted by Crippen LogP contribution is -2.47.